The van der Waals surface area contributed by atoms with Crippen LogP contribution in [0, 0.1) is 0 Å². The highest BCUT2D eigenvalue weighted by molar-refractivity contribution is 6.36. The summed E-state index contributed by atoms with van der Waals surface area (Å²) in [5, 5.41) is 6.20. The lowest BCUT2D eigenvalue weighted by Gasteiger charge is -2.26. The molecule has 2 amide bonds. The summed E-state index contributed by atoms with van der Waals surface area (Å²) in [6.07, 6.45) is -1.76. The first-order valence-corrected chi connectivity index (χ1v) is 14.6. The molecule has 0 bridgehead atoms. The molecule has 13 heteroatoms. The summed E-state index contributed by atoms with van der Waals surface area (Å²) in [5.74, 6) is -1.62. The Labute approximate surface area is 266 Å². The first kappa shape index (κ1) is 32.2. The van der Waals surface area contributed by atoms with E-state index in [9.17, 15) is 22.8 Å². The van der Waals surface area contributed by atoms with Gasteiger partial charge in [-0.2, -0.15) is 13.2 Å². The molecule has 0 unspecified atom stereocenters. The Hall–Kier alpha value is -4.16. The van der Waals surface area contributed by atoms with Crippen LogP contribution in [0.25, 0.3) is 17.0 Å². The van der Waals surface area contributed by atoms with E-state index in [2.05, 4.69) is 20.5 Å². The Kier molecular flexibility index (Phi) is 10.2. The summed E-state index contributed by atoms with van der Waals surface area (Å²) in [4.78, 5) is 33.6. The number of benzene rings is 3. The predicted octanol–water partition coefficient (Wildman–Crippen LogP) is 6.93. The highest BCUT2D eigenvalue weighted by Gasteiger charge is 2.31. The topological polar surface area (TPSA) is 92.8 Å². The molecule has 3 aromatic carbocycles. The number of ether oxygens (including phenoxy) is 2. The van der Waals surface area contributed by atoms with E-state index in [1.165, 1.54) is 24.3 Å². The van der Waals surface area contributed by atoms with Crippen molar-refractivity contribution in [3.8, 4) is 5.75 Å². The quantitative estimate of drug-likeness (QED) is 0.115. The zero-order chi connectivity index (χ0) is 32.0. The van der Waals surface area contributed by atoms with Gasteiger partial charge in [-0.15, -0.1) is 0 Å². The van der Waals surface area contributed by atoms with E-state index in [1.54, 1.807) is 30.5 Å². The number of carbonyl (C=O) groups excluding carboxylic acids is 2. The molecule has 4 aromatic rings. The van der Waals surface area contributed by atoms with Crippen LogP contribution in [0.1, 0.15) is 11.1 Å². The second kappa shape index (κ2) is 14.3. The number of hydrogen-bond acceptors (Lipinski definition) is 6. The van der Waals surface area contributed by atoms with Crippen LogP contribution in [0.15, 0.2) is 78.5 Å². The molecule has 0 atom stereocenters. The molecule has 0 radical (unpaired) electrons. The monoisotopic (exact) mass is 658 g/mol. The molecule has 2 heterocycles. The van der Waals surface area contributed by atoms with Gasteiger partial charge in [0.05, 0.1) is 29.3 Å². The molecule has 234 valence electrons. The lowest BCUT2D eigenvalue weighted by molar-refractivity contribution is -0.137. The lowest BCUT2D eigenvalue weighted by atomic mass is 10.1. The summed E-state index contributed by atoms with van der Waals surface area (Å²) in [5.41, 5.74) is -0.268. The second-order valence-electron chi connectivity index (χ2n) is 10.1. The molecule has 45 heavy (non-hydrogen) atoms. The fourth-order valence-electron chi connectivity index (χ4n) is 4.65. The summed E-state index contributed by atoms with van der Waals surface area (Å²) in [6, 6.07) is 15.6. The van der Waals surface area contributed by atoms with Crippen LogP contribution in [0.5, 0.6) is 5.75 Å². The Morgan fingerprint density at radius 1 is 0.956 bits per heavy atom. The third-order valence-electron chi connectivity index (χ3n) is 6.89. The number of aromatic nitrogens is 1. The molecule has 1 fully saturated rings. The zero-order valence-electron chi connectivity index (χ0n) is 23.7. The second-order valence-corrected chi connectivity index (χ2v) is 10.9. The average molecular weight is 659 g/mol. The normalized spacial score (nSPS) is 14.3. The number of nitrogens with one attached hydrogen (secondary N) is 2. The minimum absolute atomic E-state index is 0.149. The molecule has 2 N–H and O–H groups in total. The number of halogens is 5. The van der Waals surface area contributed by atoms with Gasteiger partial charge in [0.2, 0.25) is 0 Å². The molecule has 1 aromatic heterocycles. The molecule has 5 rings (SSSR count). The van der Waals surface area contributed by atoms with Gasteiger partial charge in [0.25, 0.3) is 11.8 Å². The van der Waals surface area contributed by atoms with Gasteiger partial charge in [0.15, 0.2) is 0 Å². The number of rotatable bonds is 9. The van der Waals surface area contributed by atoms with Crippen molar-refractivity contribution in [2.75, 3.05) is 50.1 Å². The van der Waals surface area contributed by atoms with Crippen LogP contribution in [0.4, 0.5) is 24.5 Å². The Morgan fingerprint density at radius 2 is 1.69 bits per heavy atom. The number of pyridine rings is 1. The van der Waals surface area contributed by atoms with Crippen LogP contribution < -0.4 is 15.4 Å². The number of alkyl halides is 3. The smallest absolute Gasteiger partial charge is 0.416 e. The van der Waals surface area contributed by atoms with Gasteiger partial charge in [0.1, 0.15) is 17.9 Å². The molecular weight excluding hydrogens is 632 g/mol. The summed E-state index contributed by atoms with van der Waals surface area (Å²) < 4.78 is 51.4. The summed E-state index contributed by atoms with van der Waals surface area (Å²) in [6.45, 7) is 3.54. The fourth-order valence-corrected chi connectivity index (χ4v) is 5.22. The van der Waals surface area contributed by atoms with Gasteiger partial charge < -0.3 is 20.1 Å². The van der Waals surface area contributed by atoms with Crippen molar-refractivity contribution in [1.29, 1.82) is 0 Å². The van der Waals surface area contributed by atoms with Crippen molar-refractivity contribution < 1.29 is 32.2 Å². The number of carbonyl (C=O) groups is 2. The fraction of sp³-hybridized carbons (Fsp3) is 0.219. The Balaban J connectivity index is 1.47. The number of morpholine rings is 1. The van der Waals surface area contributed by atoms with Crippen LogP contribution in [0.3, 0.4) is 0 Å². The molecule has 8 nitrogen and oxygen atoms in total. The van der Waals surface area contributed by atoms with Crippen molar-refractivity contribution in [1.82, 2.24) is 9.88 Å². The average Bonchev–Trinajstić information content (AvgIpc) is 3.01. The van der Waals surface area contributed by atoms with Crippen molar-refractivity contribution >= 4 is 63.4 Å². The standard InChI is InChI=1S/C32H27Cl2F3N4O4/c33-23-15-21(29(27(34)19-23)45-14-11-41-9-12-44-13-10-41)17-26(30(42)39-24-5-1-4-22(18-24)32(35,36)37)31(43)40-25-6-7-28-20(16-25)3-2-8-38-28/h1-8,15-19H,9-14H2,(H,39,42)(H,40,43)/b26-17+. The van der Waals surface area contributed by atoms with Crippen molar-refractivity contribution in [2.45, 2.75) is 6.18 Å². The summed E-state index contributed by atoms with van der Waals surface area (Å²) >= 11 is 12.8. The largest absolute Gasteiger partial charge is 0.490 e. The molecule has 1 saturated heterocycles. The maximum Gasteiger partial charge on any atom is 0.416 e. The number of fused-ring (bicyclic) bond motifs is 1. The minimum Gasteiger partial charge on any atom is -0.490 e. The number of nitrogens with zero attached hydrogens (tertiary/aromatic N) is 2. The Morgan fingerprint density at radius 3 is 2.42 bits per heavy atom. The molecule has 0 saturated carbocycles. The van der Waals surface area contributed by atoms with Crippen LogP contribution in [0.2, 0.25) is 10.0 Å². The van der Waals surface area contributed by atoms with E-state index in [-0.39, 0.29) is 33.7 Å². The Bertz CT molecular complexity index is 1740. The van der Waals surface area contributed by atoms with Gasteiger partial charge in [-0.05, 0) is 60.7 Å². The lowest BCUT2D eigenvalue weighted by Crippen LogP contribution is -2.38. The SMILES string of the molecule is O=C(Nc1cccc(C(F)(F)F)c1)/C(=C\c1cc(Cl)cc(Cl)c1OCCN1CCOCC1)C(=O)Nc1ccc2ncccc2c1. The summed E-state index contributed by atoms with van der Waals surface area (Å²) in [7, 11) is 0. The third kappa shape index (κ3) is 8.52. The maximum absolute atomic E-state index is 13.7. The predicted molar refractivity (Wildman–Crippen MR) is 168 cm³/mol. The van der Waals surface area contributed by atoms with Gasteiger partial charge >= 0.3 is 6.18 Å². The van der Waals surface area contributed by atoms with Crippen LogP contribution in [-0.4, -0.2) is 61.2 Å². The third-order valence-corrected chi connectivity index (χ3v) is 7.39. The van der Waals surface area contributed by atoms with Crippen LogP contribution >= 0.6 is 23.2 Å². The minimum atomic E-state index is -4.63. The van der Waals surface area contributed by atoms with Crippen molar-refractivity contribution in [3.05, 3.63) is 99.7 Å². The molecule has 0 aliphatic carbocycles. The first-order chi connectivity index (χ1) is 21.6. The highest BCUT2D eigenvalue weighted by Crippen LogP contribution is 2.35. The van der Waals surface area contributed by atoms with Gasteiger partial charge in [-0.3, -0.25) is 19.5 Å². The zero-order valence-corrected chi connectivity index (χ0v) is 25.2. The molecule has 1 aliphatic heterocycles. The maximum atomic E-state index is 13.7. The molecular formula is C32H27Cl2F3N4O4. The number of hydrogen-bond donors (Lipinski definition) is 2. The number of amides is 2. The van der Waals surface area contributed by atoms with E-state index in [0.717, 1.165) is 36.7 Å². The van der Waals surface area contributed by atoms with Gasteiger partial charge in [-0.1, -0.05) is 35.3 Å². The van der Waals surface area contributed by atoms with E-state index in [4.69, 9.17) is 32.7 Å². The highest BCUT2D eigenvalue weighted by atomic mass is 35.5. The first-order valence-electron chi connectivity index (χ1n) is 13.9. The van der Waals surface area contributed by atoms with Gasteiger partial charge in [-0.25, -0.2) is 0 Å². The van der Waals surface area contributed by atoms with Crippen LogP contribution in [-0.2, 0) is 20.5 Å². The van der Waals surface area contributed by atoms with E-state index in [1.807, 2.05) is 6.07 Å². The number of anilines is 2. The molecule has 0 spiro atoms. The van der Waals surface area contributed by atoms with Crippen molar-refractivity contribution in [3.63, 3.8) is 0 Å². The molecule has 1 aliphatic rings. The van der Waals surface area contributed by atoms with E-state index in [0.29, 0.717) is 31.0 Å². The van der Waals surface area contributed by atoms with Gasteiger partial charge in [0, 0.05) is 53.2 Å². The van der Waals surface area contributed by atoms with Crippen molar-refractivity contribution in [2.24, 2.45) is 0 Å². The van der Waals surface area contributed by atoms with E-state index < -0.39 is 29.1 Å². The van der Waals surface area contributed by atoms with E-state index >= 15 is 0 Å².